The molecular weight excluding hydrogens is 400 g/mol. The van der Waals surface area contributed by atoms with E-state index in [9.17, 15) is 8.42 Å². The van der Waals surface area contributed by atoms with Crippen LogP contribution in [0.3, 0.4) is 0 Å². The Morgan fingerprint density at radius 1 is 0.900 bits per heavy atom. The number of hydrogen-bond acceptors (Lipinski definition) is 6. The molecule has 2 aromatic carbocycles. The molecule has 0 atom stereocenters. The lowest BCUT2D eigenvalue weighted by molar-refractivity contribution is 0.177. The normalized spacial score (nSPS) is 16.1. The van der Waals surface area contributed by atoms with E-state index in [1.165, 1.54) is 5.56 Å². The Morgan fingerprint density at radius 2 is 1.57 bits per heavy atom. The van der Waals surface area contributed by atoms with Gasteiger partial charge in [-0.2, -0.15) is 8.99 Å². The molecule has 158 valence electrons. The highest BCUT2D eigenvalue weighted by Crippen LogP contribution is 2.22. The number of tetrazole rings is 1. The van der Waals surface area contributed by atoms with Crippen LogP contribution in [0.15, 0.2) is 47.4 Å². The maximum atomic E-state index is 13.1. The van der Waals surface area contributed by atoms with Crippen molar-refractivity contribution in [3.63, 3.8) is 0 Å². The van der Waals surface area contributed by atoms with Crippen LogP contribution in [0.5, 0.6) is 0 Å². The lowest BCUT2D eigenvalue weighted by atomic mass is 10.2. The fourth-order valence-corrected chi connectivity index (χ4v) is 5.37. The van der Waals surface area contributed by atoms with E-state index < -0.39 is 10.0 Å². The highest BCUT2D eigenvalue weighted by Gasteiger charge is 2.30. The van der Waals surface area contributed by atoms with E-state index in [0.717, 1.165) is 22.6 Å². The van der Waals surface area contributed by atoms with Gasteiger partial charge in [-0.15, -0.1) is 5.10 Å². The zero-order chi connectivity index (χ0) is 21.3. The van der Waals surface area contributed by atoms with Gasteiger partial charge in [0, 0.05) is 26.2 Å². The van der Waals surface area contributed by atoms with E-state index >= 15 is 0 Å². The van der Waals surface area contributed by atoms with E-state index in [1.807, 2.05) is 57.2 Å². The van der Waals surface area contributed by atoms with Gasteiger partial charge in [0.25, 0.3) is 0 Å². The monoisotopic (exact) mass is 426 g/mol. The molecule has 1 saturated heterocycles. The average Bonchev–Trinajstić information content (AvgIpc) is 3.17. The molecule has 8 nitrogen and oxygen atoms in total. The van der Waals surface area contributed by atoms with Crippen molar-refractivity contribution in [3.05, 3.63) is 65.0 Å². The van der Waals surface area contributed by atoms with Gasteiger partial charge in [-0.1, -0.05) is 35.4 Å². The second kappa shape index (κ2) is 8.25. The second-order valence-electron chi connectivity index (χ2n) is 7.79. The molecule has 1 aliphatic heterocycles. The van der Waals surface area contributed by atoms with Crippen molar-refractivity contribution >= 4 is 10.0 Å². The lowest BCUT2D eigenvalue weighted by Crippen LogP contribution is -2.48. The summed E-state index contributed by atoms with van der Waals surface area (Å²) >= 11 is 0. The molecule has 1 aromatic heterocycles. The van der Waals surface area contributed by atoms with Crippen molar-refractivity contribution < 1.29 is 8.42 Å². The maximum absolute atomic E-state index is 13.1. The first-order valence-electron chi connectivity index (χ1n) is 9.98. The van der Waals surface area contributed by atoms with Crippen LogP contribution < -0.4 is 0 Å². The SMILES string of the molecule is Cc1ccc(-n2nnnc2CN2CCN(S(=O)(=O)c3ccc(C)cc3C)CC2)cc1. The van der Waals surface area contributed by atoms with Crippen LogP contribution in [0.4, 0.5) is 0 Å². The molecule has 0 radical (unpaired) electrons. The minimum atomic E-state index is -3.49. The summed E-state index contributed by atoms with van der Waals surface area (Å²) in [6, 6.07) is 13.5. The summed E-state index contributed by atoms with van der Waals surface area (Å²) in [5.41, 5.74) is 3.93. The Bertz CT molecular complexity index is 1130. The van der Waals surface area contributed by atoms with Gasteiger partial charge in [0.2, 0.25) is 10.0 Å². The van der Waals surface area contributed by atoms with E-state index in [-0.39, 0.29) is 0 Å². The van der Waals surface area contributed by atoms with Crippen LogP contribution in [0.25, 0.3) is 5.69 Å². The lowest BCUT2D eigenvalue weighted by Gasteiger charge is -2.33. The first kappa shape index (κ1) is 20.6. The Labute approximate surface area is 177 Å². The molecule has 1 aliphatic rings. The molecule has 30 heavy (non-hydrogen) atoms. The standard InChI is InChI=1S/C21H26N6O2S/c1-16-4-7-19(8-5-16)27-21(22-23-24-27)15-25-10-12-26(13-11-25)30(28,29)20-9-6-17(2)14-18(20)3/h4-9,14H,10-13,15H2,1-3H3. The van der Waals surface area contributed by atoms with Crippen molar-refractivity contribution in [2.45, 2.75) is 32.2 Å². The Morgan fingerprint density at radius 3 is 2.23 bits per heavy atom. The van der Waals surface area contributed by atoms with Gasteiger partial charge in [0.15, 0.2) is 5.82 Å². The van der Waals surface area contributed by atoms with Crippen LogP contribution in [-0.4, -0.2) is 64.0 Å². The maximum Gasteiger partial charge on any atom is 0.243 e. The van der Waals surface area contributed by atoms with Crippen molar-refractivity contribution in [2.24, 2.45) is 0 Å². The summed E-state index contributed by atoms with van der Waals surface area (Å²) in [5, 5.41) is 12.1. The Kier molecular flexibility index (Phi) is 5.68. The average molecular weight is 427 g/mol. The molecule has 0 bridgehead atoms. The molecule has 9 heteroatoms. The van der Waals surface area contributed by atoms with Crippen LogP contribution in [0, 0.1) is 20.8 Å². The molecule has 1 fully saturated rings. The number of hydrogen-bond donors (Lipinski definition) is 0. The van der Waals surface area contributed by atoms with Crippen molar-refractivity contribution in [1.82, 2.24) is 29.4 Å². The molecule has 0 N–H and O–H groups in total. The van der Waals surface area contributed by atoms with Crippen molar-refractivity contribution in [3.8, 4) is 5.69 Å². The van der Waals surface area contributed by atoms with Gasteiger partial charge in [-0.05, 0) is 55.0 Å². The minimum Gasteiger partial charge on any atom is -0.293 e. The number of benzene rings is 2. The number of aromatic nitrogens is 4. The van der Waals surface area contributed by atoms with Crippen LogP contribution in [0.2, 0.25) is 0 Å². The van der Waals surface area contributed by atoms with Gasteiger partial charge in [0.05, 0.1) is 17.1 Å². The second-order valence-corrected chi connectivity index (χ2v) is 9.70. The topological polar surface area (TPSA) is 84.2 Å². The predicted octanol–water partition coefficient (Wildman–Crippen LogP) is 2.09. The first-order chi connectivity index (χ1) is 14.3. The van der Waals surface area contributed by atoms with E-state index in [1.54, 1.807) is 15.1 Å². The number of rotatable bonds is 5. The van der Waals surface area contributed by atoms with E-state index in [2.05, 4.69) is 20.4 Å². The number of nitrogens with zero attached hydrogens (tertiary/aromatic N) is 6. The van der Waals surface area contributed by atoms with Crippen molar-refractivity contribution in [2.75, 3.05) is 26.2 Å². The highest BCUT2D eigenvalue weighted by atomic mass is 32.2. The number of aryl methyl sites for hydroxylation is 3. The predicted molar refractivity (Wildman–Crippen MR) is 114 cm³/mol. The van der Waals surface area contributed by atoms with E-state index in [4.69, 9.17) is 0 Å². The van der Waals surface area contributed by atoms with Gasteiger partial charge in [-0.25, -0.2) is 8.42 Å². The zero-order valence-corrected chi connectivity index (χ0v) is 18.3. The molecule has 3 aromatic rings. The third kappa shape index (κ3) is 4.14. The summed E-state index contributed by atoms with van der Waals surface area (Å²) in [4.78, 5) is 2.58. The Hall–Kier alpha value is -2.62. The van der Waals surface area contributed by atoms with Gasteiger partial charge < -0.3 is 0 Å². The molecule has 4 rings (SSSR count). The molecular formula is C21H26N6O2S. The molecule has 0 unspecified atom stereocenters. The first-order valence-corrected chi connectivity index (χ1v) is 11.4. The van der Waals surface area contributed by atoms with Crippen LogP contribution in [0.1, 0.15) is 22.5 Å². The molecule has 0 spiro atoms. The summed E-state index contributed by atoms with van der Waals surface area (Å²) in [5.74, 6) is 0.740. The summed E-state index contributed by atoms with van der Waals surface area (Å²) < 4.78 is 29.5. The highest BCUT2D eigenvalue weighted by molar-refractivity contribution is 7.89. The molecule has 0 amide bonds. The molecule has 2 heterocycles. The van der Waals surface area contributed by atoms with E-state index in [0.29, 0.717) is 37.6 Å². The largest absolute Gasteiger partial charge is 0.293 e. The summed E-state index contributed by atoms with van der Waals surface area (Å²) in [7, 11) is -3.49. The zero-order valence-electron chi connectivity index (χ0n) is 17.5. The van der Waals surface area contributed by atoms with Crippen LogP contribution in [-0.2, 0) is 16.6 Å². The van der Waals surface area contributed by atoms with Gasteiger partial charge in [0.1, 0.15) is 0 Å². The molecule has 0 saturated carbocycles. The quantitative estimate of drug-likeness (QED) is 0.621. The smallest absolute Gasteiger partial charge is 0.243 e. The fourth-order valence-electron chi connectivity index (χ4n) is 3.75. The fraction of sp³-hybridized carbons (Fsp3) is 0.381. The van der Waals surface area contributed by atoms with Gasteiger partial charge >= 0.3 is 0 Å². The number of piperazine rings is 1. The number of sulfonamides is 1. The van der Waals surface area contributed by atoms with Crippen LogP contribution >= 0.6 is 0 Å². The minimum absolute atomic E-state index is 0.393. The van der Waals surface area contributed by atoms with Crippen molar-refractivity contribution in [1.29, 1.82) is 0 Å². The van der Waals surface area contributed by atoms with Gasteiger partial charge in [-0.3, -0.25) is 4.90 Å². The Balaban J connectivity index is 1.43. The summed E-state index contributed by atoms with van der Waals surface area (Å²) in [6.07, 6.45) is 0. The third-order valence-corrected chi connectivity index (χ3v) is 7.52. The summed E-state index contributed by atoms with van der Waals surface area (Å²) in [6.45, 7) is 8.57. The molecule has 0 aliphatic carbocycles. The third-order valence-electron chi connectivity index (χ3n) is 5.46.